The zero-order chi connectivity index (χ0) is 18.7. The number of amides is 1. The van der Waals surface area contributed by atoms with Crippen molar-refractivity contribution in [2.45, 2.75) is 12.5 Å². The number of H-pyrrole nitrogens is 1. The molecule has 0 aliphatic heterocycles. The third kappa shape index (κ3) is 5.67. The van der Waals surface area contributed by atoms with E-state index in [-0.39, 0.29) is 47.0 Å². The molecule has 3 aromatic rings. The normalized spacial score (nSPS) is 11.0. The Balaban J connectivity index is 0.00000196. The third-order valence-electron chi connectivity index (χ3n) is 3.97. The van der Waals surface area contributed by atoms with Gasteiger partial charge in [-0.15, -0.1) is 0 Å². The van der Waals surface area contributed by atoms with Crippen molar-refractivity contribution in [2.24, 2.45) is 0 Å². The fraction of sp³-hybridized carbons (Fsp3) is 0.105. The molecular weight excluding hydrogens is 395 g/mol. The molecule has 1 aromatic heterocycles. The molecule has 0 radical (unpaired) electrons. The van der Waals surface area contributed by atoms with Gasteiger partial charge in [-0.2, -0.15) is 0 Å². The van der Waals surface area contributed by atoms with Crippen molar-refractivity contribution in [1.29, 1.82) is 0 Å². The third-order valence-corrected chi connectivity index (χ3v) is 4.22. The van der Waals surface area contributed by atoms with E-state index < -0.39 is 17.9 Å². The molecule has 0 aliphatic carbocycles. The smallest absolute Gasteiger partial charge is 0.870 e. The van der Waals surface area contributed by atoms with Crippen LogP contribution in [0, 0.1) is 0 Å². The molecule has 9 heteroatoms. The summed E-state index contributed by atoms with van der Waals surface area (Å²) in [6, 6.07) is 13.4. The maximum absolute atomic E-state index is 12.3. The van der Waals surface area contributed by atoms with Gasteiger partial charge in [0, 0.05) is 34.0 Å². The van der Waals surface area contributed by atoms with E-state index in [0.29, 0.717) is 21.7 Å². The number of aliphatic carboxylic acids is 1. The van der Waals surface area contributed by atoms with E-state index in [2.05, 4.69) is 10.3 Å². The van der Waals surface area contributed by atoms with E-state index >= 15 is 0 Å². The van der Waals surface area contributed by atoms with Crippen LogP contribution in [-0.4, -0.2) is 33.5 Å². The summed E-state index contributed by atoms with van der Waals surface area (Å²) in [6.07, 6.45) is -0.0148. The quantitative estimate of drug-likeness (QED) is 0.485. The Morgan fingerprint density at radius 2 is 1.75 bits per heavy atom. The van der Waals surface area contributed by atoms with Gasteiger partial charge in [-0.1, -0.05) is 29.8 Å². The molecule has 28 heavy (non-hydrogen) atoms. The summed E-state index contributed by atoms with van der Waals surface area (Å²) in [5.74, 6) is -1.71. The average molecular weight is 411 g/mol. The number of hydrogen-bond donors (Lipinski definition) is 3. The van der Waals surface area contributed by atoms with Crippen molar-refractivity contribution in [2.75, 3.05) is 0 Å². The number of carboxylic acid groups (broad SMARTS) is 1. The van der Waals surface area contributed by atoms with Crippen LogP contribution in [0.25, 0.3) is 10.9 Å². The van der Waals surface area contributed by atoms with Crippen molar-refractivity contribution in [3.05, 3.63) is 81.1 Å². The van der Waals surface area contributed by atoms with Gasteiger partial charge in [-0.25, -0.2) is 4.79 Å². The first-order chi connectivity index (χ1) is 12.4. The molecular formula is C19H16ClN2NaO5. The monoisotopic (exact) mass is 410 g/mol. The minimum absolute atomic E-state index is 0. The van der Waals surface area contributed by atoms with E-state index in [1.54, 1.807) is 36.4 Å². The van der Waals surface area contributed by atoms with E-state index in [1.165, 1.54) is 18.2 Å². The largest absolute Gasteiger partial charge is 1.00 e. The number of carbonyl (C=O) groups is 2. The Morgan fingerprint density at radius 3 is 2.39 bits per heavy atom. The van der Waals surface area contributed by atoms with Crippen LogP contribution in [0.15, 0.2) is 59.4 Å². The number of aromatic amines is 1. The Bertz CT molecular complexity index is 1040. The molecule has 4 N–H and O–H groups in total. The number of para-hydroxylation sites is 1. The number of carbonyl (C=O) groups excluding carboxylic acids is 1. The first-order valence-corrected chi connectivity index (χ1v) is 8.22. The number of pyridine rings is 1. The van der Waals surface area contributed by atoms with Crippen molar-refractivity contribution in [3.63, 3.8) is 0 Å². The van der Waals surface area contributed by atoms with Gasteiger partial charge in [0.15, 0.2) is 0 Å². The molecule has 1 unspecified atom stereocenters. The minimum atomic E-state index is -1.18. The van der Waals surface area contributed by atoms with Gasteiger partial charge in [0.1, 0.15) is 6.04 Å². The zero-order valence-corrected chi connectivity index (χ0v) is 17.7. The summed E-state index contributed by atoms with van der Waals surface area (Å²) in [5.41, 5.74) is 1.14. The van der Waals surface area contributed by atoms with Crippen LogP contribution in [0.2, 0.25) is 5.02 Å². The van der Waals surface area contributed by atoms with Crippen LogP contribution in [-0.2, 0) is 11.2 Å². The van der Waals surface area contributed by atoms with E-state index in [9.17, 15) is 19.5 Å². The molecule has 0 saturated heterocycles. The number of nitrogens with one attached hydrogen (secondary N) is 2. The van der Waals surface area contributed by atoms with Crippen LogP contribution in [0.5, 0.6) is 0 Å². The predicted molar refractivity (Wildman–Crippen MR) is 101 cm³/mol. The first kappa shape index (κ1) is 23.9. The fourth-order valence-electron chi connectivity index (χ4n) is 2.71. The number of aromatic nitrogens is 1. The number of benzene rings is 2. The van der Waals surface area contributed by atoms with Crippen LogP contribution in [0.1, 0.15) is 15.9 Å². The van der Waals surface area contributed by atoms with E-state index in [1.807, 2.05) is 0 Å². The van der Waals surface area contributed by atoms with Gasteiger partial charge in [0.05, 0.1) is 0 Å². The standard InChI is InChI=1S/C19H15ClN2O4.Na.H2O/c20-13-7-5-11(6-8-13)18(24)22-16(19(25)26)9-12-10-17(23)21-15-4-2-1-3-14(12)15;;/h1-8,10,16H,9H2,(H,21,23)(H,22,24)(H,25,26);;1H2/q;+1;/p-1. The first-order valence-electron chi connectivity index (χ1n) is 7.84. The molecule has 0 bridgehead atoms. The Hall–Kier alpha value is -2.16. The van der Waals surface area contributed by atoms with Crippen LogP contribution >= 0.6 is 11.6 Å². The van der Waals surface area contributed by atoms with Gasteiger partial charge in [0.25, 0.3) is 5.91 Å². The summed E-state index contributed by atoms with van der Waals surface area (Å²) < 4.78 is 0. The molecule has 3 rings (SSSR count). The zero-order valence-electron chi connectivity index (χ0n) is 15.0. The number of hydrogen-bond acceptors (Lipinski definition) is 4. The number of fused-ring (bicyclic) bond motifs is 1. The minimum Gasteiger partial charge on any atom is -0.870 e. The Morgan fingerprint density at radius 1 is 1.11 bits per heavy atom. The molecule has 7 nitrogen and oxygen atoms in total. The van der Waals surface area contributed by atoms with Gasteiger partial charge in [-0.3, -0.25) is 9.59 Å². The summed E-state index contributed by atoms with van der Waals surface area (Å²) in [6.45, 7) is 0. The van der Waals surface area contributed by atoms with Crippen LogP contribution in [0.3, 0.4) is 0 Å². The molecule has 1 atom stereocenters. The second kappa shape index (κ2) is 10.4. The number of halogens is 1. The fourth-order valence-corrected chi connectivity index (χ4v) is 2.83. The SMILES string of the molecule is O=C(NC(Cc1cc(=O)[nH]c2ccccc12)C(=O)O)c1ccc(Cl)cc1.[Na+].[OH-]. The molecule has 0 fully saturated rings. The van der Waals surface area contributed by atoms with Crippen LogP contribution < -0.4 is 40.4 Å². The Kier molecular flexibility index (Phi) is 8.87. The predicted octanol–water partition coefficient (Wildman–Crippen LogP) is -0.566. The van der Waals surface area contributed by atoms with Gasteiger partial charge >= 0.3 is 35.5 Å². The number of carboxylic acids is 1. The van der Waals surface area contributed by atoms with Gasteiger partial charge in [0.2, 0.25) is 5.56 Å². The molecule has 0 spiro atoms. The Labute approximate surface area is 187 Å². The molecule has 2 aromatic carbocycles. The van der Waals surface area contributed by atoms with E-state index in [4.69, 9.17) is 11.6 Å². The van der Waals surface area contributed by atoms with Crippen molar-refractivity contribution < 1.29 is 49.7 Å². The second-order valence-corrected chi connectivity index (χ2v) is 6.22. The van der Waals surface area contributed by atoms with Crippen LogP contribution in [0.4, 0.5) is 0 Å². The second-order valence-electron chi connectivity index (χ2n) is 5.78. The summed E-state index contributed by atoms with van der Waals surface area (Å²) in [7, 11) is 0. The summed E-state index contributed by atoms with van der Waals surface area (Å²) in [5, 5.41) is 13.2. The van der Waals surface area contributed by atoms with E-state index in [0.717, 1.165) is 5.39 Å². The molecule has 1 amide bonds. The topological polar surface area (TPSA) is 129 Å². The van der Waals surface area contributed by atoms with Crippen molar-refractivity contribution >= 4 is 34.4 Å². The van der Waals surface area contributed by atoms with Crippen molar-refractivity contribution in [3.8, 4) is 0 Å². The average Bonchev–Trinajstić information content (AvgIpc) is 2.61. The molecule has 0 saturated carbocycles. The summed E-state index contributed by atoms with van der Waals surface area (Å²) >= 11 is 5.79. The van der Waals surface area contributed by atoms with Gasteiger partial charge < -0.3 is 20.9 Å². The maximum atomic E-state index is 12.3. The summed E-state index contributed by atoms with van der Waals surface area (Å²) in [4.78, 5) is 38.5. The molecule has 0 aliphatic rings. The van der Waals surface area contributed by atoms with Crippen molar-refractivity contribution in [1.82, 2.24) is 10.3 Å². The number of rotatable bonds is 5. The maximum Gasteiger partial charge on any atom is 1.00 e. The molecule has 140 valence electrons. The molecule has 1 heterocycles. The van der Waals surface area contributed by atoms with Gasteiger partial charge in [-0.05, 0) is 35.9 Å².